The van der Waals surface area contributed by atoms with Crippen molar-refractivity contribution in [2.45, 2.75) is 24.9 Å². The molecule has 2 aliphatic heterocycles. The van der Waals surface area contributed by atoms with Crippen molar-refractivity contribution >= 4 is 11.6 Å². The fourth-order valence-corrected chi connectivity index (χ4v) is 4.36. The normalized spacial score (nSPS) is 21.4. The van der Waals surface area contributed by atoms with Crippen molar-refractivity contribution in [3.05, 3.63) is 58.5 Å². The molecular weight excluding hydrogens is 361 g/mol. The van der Waals surface area contributed by atoms with Crippen molar-refractivity contribution in [2.24, 2.45) is 7.05 Å². The molecule has 2 aliphatic rings. The van der Waals surface area contributed by atoms with E-state index in [1.807, 2.05) is 4.90 Å². The van der Waals surface area contributed by atoms with Gasteiger partial charge in [-0.15, -0.1) is 0 Å². The number of imidazole rings is 1. The number of nitrogens with zero attached hydrogens (tertiary/aromatic N) is 4. The van der Waals surface area contributed by atoms with E-state index >= 15 is 0 Å². The number of hydrogen-bond acceptors (Lipinski definition) is 4. The highest BCUT2D eigenvalue weighted by molar-refractivity contribution is 5.93. The maximum absolute atomic E-state index is 13.2. The first kappa shape index (κ1) is 17.1. The third-order valence-electron chi connectivity index (χ3n) is 5.82. The molecule has 7 nitrogen and oxygen atoms in total. The Hall–Kier alpha value is -3.00. The van der Waals surface area contributed by atoms with Crippen LogP contribution in [0, 0.1) is 5.82 Å². The summed E-state index contributed by atoms with van der Waals surface area (Å²) in [6.07, 6.45) is 5.36. The minimum absolute atomic E-state index is 0.122. The molecule has 2 atom stereocenters. The Kier molecular flexibility index (Phi) is 3.83. The van der Waals surface area contributed by atoms with Gasteiger partial charge in [0.2, 0.25) is 5.65 Å². The van der Waals surface area contributed by atoms with Crippen molar-refractivity contribution in [1.82, 2.24) is 24.2 Å². The van der Waals surface area contributed by atoms with Crippen molar-refractivity contribution < 1.29 is 9.18 Å². The monoisotopic (exact) mass is 381 g/mol. The number of hydrogen-bond donors (Lipinski definition) is 1. The molecular formula is C20H20FN5O2. The largest absolute Gasteiger partial charge is 0.329 e. The third kappa shape index (κ3) is 2.56. The lowest BCUT2D eigenvalue weighted by molar-refractivity contribution is 0.0614. The summed E-state index contributed by atoms with van der Waals surface area (Å²) in [5.74, 6) is -0.459. The zero-order valence-corrected chi connectivity index (χ0v) is 15.4. The van der Waals surface area contributed by atoms with Crippen molar-refractivity contribution in [2.75, 3.05) is 13.1 Å². The second-order valence-electron chi connectivity index (χ2n) is 7.50. The van der Waals surface area contributed by atoms with Gasteiger partial charge in [0.15, 0.2) is 0 Å². The van der Waals surface area contributed by atoms with E-state index in [0.717, 1.165) is 25.9 Å². The Morgan fingerprint density at radius 1 is 1.14 bits per heavy atom. The van der Waals surface area contributed by atoms with Crippen LogP contribution in [0.2, 0.25) is 0 Å². The first-order chi connectivity index (χ1) is 13.5. The molecule has 0 saturated carbocycles. The molecule has 3 aromatic rings. The number of aromatic nitrogens is 3. The van der Waals surface area contributed by atoms with Gasteiger partial charge in [0.1, 0.15) is 11.5 Å². The SMILES string of the molecule is Cn1c(-c2ccc(F)cc2)cn2cc(C(=O)N3[C@@H]4CC[C@H]3CNC4)nc2c1=O. The lowest BCUT2D eigenvalue weighted by Crippen LogP contribution is -2.54. The molecule has 5 rings (SSSR count). The summed E-state index contributed by atoms with van der Waals surface area (Å²) < 4.78 is 16.3. The Morgan fingerprint density at radius 2 is 1.82 bits per heavy atom. The van der Waals surface area contributed by atoms with Gasteiger partial charge < -0.3 is 14.8 Å². The highest BCUT2D eigenvalue weighted by Crippen LogP contribution is 2.28. The van der Waals surface area contributed by atoms with Crippen LogP contribution in [0.3, 0.4) is 0 Å². The van der Waals surface area contributed by atoms with Gasteiger partial charge in [-0.3, -0.25) is 14.0 Å². The molecule has 1 N–H and O–H groups in total. The Balaban J connectivity index is 1.58. The van der Waals surface area contributed by atoms with Crippen LogP contribution in [0.1, 0.15) is 23.3 Å². The van der Waals surface area contributed by atoms with E-state index in [9.17, 15) is 14.0 Å². The lowest BCUT2D eigenvalue weighted by atomic mass is 10.1. The van der Waals surface area contributed by atoms with E-state index in [2.05, 4.69) is 10.3 Å². The highest BCUT2D eigenvalue weighted by atomic mass is 19.1. The van der Waals surface area contributed by atoms with Crippen molar-refractivity contribution in [3.63, 3.8) is 0 Å². The van der Waals surface area contributed by atoms with E-state index < -0.39 is 0 Å². The lowest BCUT2D eigenvalue weighted by Gasteiger charge is -2.34. The number of nitrogens with one attached hydrogen (secondary N) is 1. The van der Waals surface area contributed by atoms with Gasteiger partial charge in [-0.25, -0.2) is 9.37 Å². The second-order valence-corrected chi connectivity index (χ2v) is 7.50. The Morgan fingerprint density at radius 3 is 2.50 bits per heavy atom. The fraction of sp³-hybridized carbons (Fsp3) is 0.350. The Bertz CT molecular complexity index is 1120. The molecule has 1 aromatic carbocycles. The van der Waals surface area contributed by atoms with Crippen LogP contribution < -0.4 is 10.9 Å². The molecule has 0 unspecified atom stereocenters. The van der Waals surface area contributed by atoms with Gasteiger partial charge in [0, 0.05) is 44.6 Å². The fourth-order valence-electron chi connectivity index (χ4n) is 4.36. The molecule has 4 heterocycles. The topological polar surface area (TPSA) is 71.6 Å². The Labute approximate surface area is 160 Å². The van der Waals surface area contributed by atoms with Crippen LogP contribution in [-0.2, 0) is 7.05 Å². The summed E-state index contributed by atoms with van der Waals surface area (Å²) in [4.78, 5) is 32.2. The molecule has 0 radical (unpaired) electrons. The van der Waals surface area contributed by atoms with Crippen LogP contribution >= 0.6 is 0 Å². The minimum atomic E-state index is -0.337. The number of benzene rings is 1. The third-order valence-corrected chi connectivity index (χ3v) is 5.82. The van der Waals surface area contributed by atoms with Gasteiger partial charge >= 0.3 is 0 Å². The maximum atomic E-state index is 13.2. The molecule has 144 valence electrons. The number of halogens is 1. The van der Waals surface area contributed by atoms with E-state index in [1.165, 1.54) is 16.7 Å². The predicted octanol–water partition coefficient (Wildman–Crippen LogP) is 1.42. The minimum Gasteiger partial charge on any atom is -0.329 e. The molecule has 2 aromatic heterocycles. The average molecular weight is 381 g/mol. The molecule has 28 heavy (non-hydrogen) atoms. The number of amides is 1. The first-order valence-corrected chi connectivity index (χ1v) is 9.41. The standard InChI is InChI=1S/C20H20FN5O2/c1-24-17(12-2-4-13(21)5-3-12)11-25-10-16(23-18(25)20(24)28)19(27)26-14-6-7-15(26)9-22-8-14/h2-5,10-11,14-15,22H,6-9H2,1H3/t14-,15+. The van der Waals surface area contributed by atoms with E-state index in [-0.39, 0.29) is 40.7 Å². The second kappa shape index (κ2) is 6.27. The molecule has 0 aliphatic carbocycles. The van der Waals surface area contributed by atoms with Crippen LogP contribution in [0.25, 0.3) is 16.9 Å². The van der Waals surface area contributed by atoms with Crippen LogP contribution in [-0.4, -0.2) is 49.9 Å². The quantitative estimate of drug-likeness (QED) is 0.729. The number of carbonyl (C=O) groups is 1. The van der Waals surface area contributed by atoms with Gasteiger partial charge in [0.25, 0.3) is 11.5 Å². The first-order valence-electron chi connectivity index (χ1n) is 9.41. The zero-order valence-electron chi connectivity index (χ0n) is 15.4. The molecule has 2 saturated heterocycles. The summed E-state index contributed by atoms with van der Waals surface area (Å²) in [6.45, 7) is 1.60. The number of rotatable bonds is 2. The average Bonchev–Trinajstić information content (AvgIpc) is 3.23. The maximum Gasteiger partial charge on any atom is 0.294 e. The van der Waals surface area contributed by atoms with E-state index in [0.29, 0.717) is 11.3 Å². The van der Waals surface area contributed by atoms with Crippen LogP contribution in [0.15, 0.2) is 41.5 Å². The van der Waals surface area contributed by atoms with Gasteiger partial charge in [-0.2, -0.15) is 0 Å². The summed E-state index contributed by atoms with van der Waals surface area (Å²) in [5.41, 5.74) is 1.52. The molecule has 2 bridgehead atoms. The van der Waals surface area contributed by atoms with E-state index in [1.54, 1.807) is 36.0 Å². The van der Waals surface area contributed by atoms with Gasteiger partial charge in [-0.05, 0) is 42.7 Å². The van der Waals surface area contributed by atoms with Gasteiger partial charge in [0.05, 0.1) is 5.69 Å². The summed E-state index contributed by atoms with van der Waals surface area (Å²) in [7, 11) is 1.65. The molecule has 0 spiro atoms. The molecule has 2 fully saturated rings. The molecule has 8 heteroatoms. The summed E-state index contributed by atoms with van der Waals surface area (Å²) in [5, 5.41) is 3.36. The van der Waals surface area contributed by atoms with Crippen LogP contribution in [0.5, 0.6) is 0 Å². The number of carbonyl (C=O) groups excluding carboxylic acids is 1. The van der Waals surface area contributed by atoms with Crippen molar-refractivity contribution in [3.8, 4) is 11.3 Å². The molecule has 1 amide bonds. The summed E-state index contributed by atoms with van der Waals surface area (Å²) in [6, 6.07) is 6.33. The number of piperazine rings is 1. The predicted molar refractivity (Wildman–Crippen MR) is 102 cm³/mol. The number of fused-ring (bicyclic) bond motifs is 3. The van der Waals surface area contributed by atoms with Crippen molar-refractivity contribution in [1.29, 1.82) is 0 Å². The zero-order chi connectivity index (χ0) is 19.4. The highest BCUT2D eigenvalue weighted by Gasteiger charge is 2.40. The summed E-state index contributed by atoms with van der Waals surface area (Å²) >= 11 is 0. The van der Waals surface area contributed by atoms with E-state index in [4.69, 9.17) is 0 Å². The smallest absolute Gasteiger partial charge is 0.294 e. The van der Waals surface area contributed by atoms with Gasteiger partial charge in [-0.1, -0.05) is 0 Å². The van der Waals surface area contributed by atoms with Crippen LogP contribution in [0.4, 0.5) is 4.39 Å².